The predicted molar refractivity (Wildman–Crippen MR) is 57.9 cm³/mol. The molecule has 6 heteroatoms. The quantitative estimate of drug-likeness (QED) is 0.614. The summed E-state index contributed by atoms with van der Waals surface area (Å²) in [5.74, 6) is 1.12. The third-order valence-corrected chi connectivity index (χ3v) is 1.68. The average molecular weight is 228 g/mol. The maximum absolute atomic E-state index is 11.6. The molecule has 0 aliphatic heterocycles. The van der Waals surface area contributed by atoms with Crippen molar-refractivity contribution in [3.05, 3.63) is 0 Å². The molecule has 0 aliphatic carbocycles. The lowest BCUT2D eigenvalue weighted by Crippen LogP contribution is -2.47. The van der Waals surface area contributed by atoms with Gasteiger partial charge in [0.25, 0.3) is 0 Å². The zero-order valence-corrected chi connectivity index (χ0v) is 9.40. The van der Waals surface area contributed by atoms with Crippen LogP contribution in [0.3, 0.4) is 0 Å². The van der Waals surface area contributed by atoms with Gasteiger partial charge < -0.3 is 20.1 Å². The minimum Gasteiger partial charge on any atom is -0.480 e. The number of amides is 2. The first kappa shape index (κ1) is 14.3. The lowest BCUT2D eigenvalue weighted by molar-refractivity contribution is -0.137. The first-order chi connectivity index (χ1) is 7.51. The van der Waals surface area contributed by atoms with Crippen molar-refractivity contribution >= 4 is 12.0 Å². The number of urea groups is 1. The molecule has 90 valence electrons. The molecule has 0 spiro atoms. The molecule has 0 aromatic carbocycles. The molecule has 0 saturated carbocycles. The number of carboxylic acid groups (broad SMARTS) is 1. The smallest absolute Gasteiger partial charge is 0.323 e. The second-order valence-corrected chi connectivity index (χ2v) is 3.26. The second-order valence-electron chi connectivity index (χ2n) is 3.26. The van der Waals surface area contributed by atoms with Crippen molar-refractivity contribution in [2.75, 3.05) is 26.8 Å². The van der Waals surface area contributed by atoms with E-state index in [9.17, 15) is 9.59 Å². The van der Waals surface area contributed by atoms with E-state index < -0.39 is 18.5 Å². The van der Waals surface area contributed by atoms with Crippen LogP contribution in [0.2, 0.25) is 0 Å². The summed E-state index contributed by atoms with van der Waals surface area (Å²) in [6.45, 7) is 1.63. The Hall–Kier alpha value is -1.74. The van der Waals surface area contributed by atoms with Gasteiger partial charge in [-0.3, -0.25) is 4.79 Å². The highest BCUT2D eigenvalue weighted by Gasteiger charge is 2.17. The van der Waals surface area contributed by atoms with Crippen LogP contribution in [0.1, 0.15) is 6.92 Å². The number of carbonyl (C=O) groups excluding carboxylic acids is 1. The number of ether oxygens (including phenoxy) is 1. The van der Waals surface area contributed by atoms with Gasteiger partial charge in [0.1, 0.15) is 6.54 Å². The van der Waals surface area contributed by atoms with Gasteiger partial charge in [0.15, 0.2) is 0 Å². The Kier molecular flexibility index (Phi) is 6.72. The molecule has 1 atom stereocenters. The highest BCUT2D eigenvalue weighted by Crippen LogP contribution is 1.92. The Balaban J connectivity index is 4.27. The zero-order valence-electron chi connectivity index (χ0n) is 9.40. The molecular weight excluding hydrogens is 212 g/mol. The fourth-order valence-electron chi connectivity index (χ4n) is 1.07. The summed E-state index contributed by atoms with van der Waals surface area (Å²) in [5.41, 5.74) is 0. The Morgan fingerprint density at radius 2 is 2.25 bits per heavy atom. The van der Waals surface area contributed by atoms with Gasteiger partial charge in [0.2, 0.25) is 0 Å². The van der Waals surface area contributed by atoms with Gasteiger partial charge in [-0.15, -0.1) is 6.42 Å². The summed E-state index contributed by atoms with van der Waals surface area (Å²) >= 11 is 0. The van der Waals surface area contributed by atoms with Gasteiger partial charge in [0, 0.05) is 7.11 Å². The monoisotopic (exact) mass is 228 g/mol. The van der Waals surface area contributed by atoms with E-state index in [1.807, 2.05) is 0 Å². The van der Waals surface area contributed by atoms with Gasteiger partial charge in [-0.1, -0.05) is 5.92 Å². The summed E-state index contributed by atoms with van der Waals surface area (Å²) in [4.78, 5) is 23.1. The molecule has 0 bridgehead atoms. The molecule has 2 amide bonds. The maximum atomic E-state index is 11.6. The van der Waals surface area contributed by atoms with Crippen molar-refractivity contribution in [1.82, 2.24) is 10.2 Å². The van der Waals surface area contributed by atoms with Gasteiger partial charge in [-0.05, 0) is 6.92 Å². The van der Waals surface area contributed by atoms with Crippen molar-refractivity contribution in [3.63, 3.8) is 0 Å². The van der Waals surface area contributed by atoms with E-state index in [0.29, 0.717) is 6.61 Å². The molecule has 0 heterocycles. The average Bonchev–Trinajstić information content (AvgIpc) is 2.16. The Morgan fingerprint density at radius 1 is 1.62 bits per heavy atom. The third kappa shape index (κ3) is 5.88. The first-order valence-electron chi connectivity index (χ1n) is 4.70. The van der Waals surface area contributed by atoms with Crippen LogP contribution in [0.25, 0.3) is 0 Å². The van der Waals surface area contributed by atoms with Crippen molar-refractivity contribution in [1.29, 1.82) is 0 Å². The molecule has 0 aromatic heterocycles. The number of rotatable bonds is 6. The molecule has 16 heavy (non-hydrogen) atoms. The Bertz CT molecular complexity index is 285. The number of carbonyl (C=O) groups is 2. The first-order valence-corrected chi connectivity index (χ1v) is 4.70. The van der Waals surface area contributed by atoms with E-state index >= 15 is 0 Å². The summed E-state index contributed by atoms with van der Waals surface area (Å²) in [7, 11) is 1.51. The van der Waals surface area contributed by atoms with Gasteiger partial charge in [0.05, 0.1) is 19.2 Å². The van der Waals surface area contributed by atoms with Gasteiger partial charge >= 0.3 is 12.0 Å². The van der Waals surface area contributed by atoms with Crippen molar-refractivity contribution in [3.8, 4) is 12.3 Å². The standard InChI is InChI=1S/C10H16N2O4/c1-4-5-12(6-9(13)14)10(15)11-8(2)7-16-3/h1,8H,5-7H2,2-3H3,(H,11,15)(H,13,14). The molecule has 0 aromatic rings. The molecular formula is C10H16N2O4. The van der Waals surface area contributed by atoms with Crippen LogP contribution in [0.4, 0.5) is 4.79 Å². The fourth-order valence-corrected chi connectivity index (χ4v) is 1.07. The summed E-state index contributed by atoms with van der Waals surface area (Å²) < 4.78 is 4.84. The molecule has 0 aliphatic rings. The highest BCUT2D eigenvalue weighted by molar-refractivity contribution is 5.80. The Labute approximate surface area is 94.6 Å². The normalized spacial score (nSPS) is 11.3. The van der Waals surface area contributed by atoms with Crippen LogP contribution in [0, 0.1) is 12.3 Å². The number of methoxy groups -OCH3 is 1. The van der Waals surface area contributed by atoms with Crippen molar-refractivity contribution < 1.29 is 19.4 Å². The third-order valence-electron chi connectivity index (χ3n) is 1.68. The largest absolute Gasteiger partial charge is 0.480 e. The van der Waals surface area contributed by atoms with Crippen LogP contribution >= 0.6 is 0 Å². The van der Waals surface area contributed by atoms with E-state index in [-0.39, 0.29) is 12.6 Å². The molecule has 2 N–H and O–H groups in total. The minimum atomic E-state index is -1.11. The van der Waals surface area contributed by atoms with E-state index in [4.69, 9.17) is 16.3 Å². The molecule has 0 saturated heterocycles. The van der Waals surface area contributed by atoms with Crippen LogP contribution in [-0.2, 0) is 9.53 Å². The van der Waals surface area contributed by atoms with E-state index in [2.05, 4.69) is 11.2 Å². The molecule has 6 nitrogen and oxygen atoms in total. The van der Waals surface area contributed by atoms with Crippen LogP contribution in [0.5, 0.6) is 0 Å². The molecule has 0 rings (SSSR count). The topological polar surface area (TPSA) is 78.9 Å². The molecule has 1 unspecified atom stereocenters. The number of carboxylic acids is 1. The number of aliphatic carboxylic acids is 1. The number of hydrogen-bond donors (Lipinski definition) is 2. The van der Waals surface area contributed by atoms with Gasteiger partial charge in [-0.25, -0.2) is 4.79 Å². The fraction of sp³-hybridized carbons (Fsp3) is 0.600. The van der Waals surface area contributed by atoms with Crippen LogP contribution in [-0.4, -0.2) is 54.9 Å². The van der Waals surface area contributed by atoms with E-state index in [1.54, 1.807) is 6.92 Å². The highest BCUT2D eigenvalue weighted by atomic mass is 16.5. The minimum absolute atomic E-state index is 0.0438. The number of terminal acetylenes is 1. The molecule has 0 radical (unpaired) electrons. The lowest BCUT2D eigenvalue weighted by atomic mass is 10.3. The van der Waals surface area contributed by atoms with E-state index in [1.165, 1.54) is 7.11 Å². The lowest BCUT2D eigenvalue weighted by Gasteiger charge is -2.21. The van der Waals surface area contributed by atoms with Crippen molar-refractivity contribution in [2.24, 2.45) is 0 Å². The van der Waals surface area contributed by atoms with Crippen LogP contribution < -0.4 is 5.32 Å². The van der Waals surface area contributed by atoms with Gasteiger partial charge in [-0.2, -0.15) is 0 Å². The van der Waals surface area contributed by atoms with E-state index in [0.717, 1.165) is 4.90 Å². The second kappa shape index (κ2) is 7.54. The van der Waals surface area contributed by atoms with Crippen molar-refractivity contribution in [2.45, 2.75) is 13.0 Å². The number of nitrogens with zero attached hydrogens (tertiary/aromatic N) is 1. The summed E-state index contributed by atoms with van der Waals surface area (Å²) in [6.07, 6.45) is 5.04. The number of hydrogen-bond acceptors (Lipinski definition) is 3. The zero-order chi connectivity index (χ0) is 12.6. The maximum Gasteiger partial charge on any atom is 0.323 e. The predicted octanol–water partition coefficient (Wildman–Crippen LogP) is -0.249. The number of nitrogens with one attached hydrogen (secondary N) is 1. The Morgan fingerprint density at radius 3 is 2.69 bits per heavy atom. The SMILES string of the molecule is C#CCN(CC(=O)O)C(=O)NC(C)COC. The molecule has 0 fully saturated rings. The summed E-state index contributed by atoms with van der Waals surface area (Å²) in [5, 5.41) is 11.2. The summed E-state index contributed by atoms with van der Waals surface area (Å²) in [6, 6.07) is -0.712. The van der Waals surface area contributed by atoms with Crippen LogP contribution in [0.15, 0.2) is 0 Å².